The Morgan fingerprint density at radius 2 is 1.52 bits per heavy atom. The molecule has 4 nitrogen and oxygen atoms in total. The molecule has 0 saturated heterocycles. The summed E-state index contributed by atoms with van der Waals surface area (Å²) < 4.78 is 11.2. The number of hydrogen-bond acceptors (Lipinski definition) is 4. The van der Waals surface area contributed by atoms with Crippen LogP contribution in [0.1, 0.15) is 32.8 Å². The molecule has 1 rings (SSSR count). The van der Waals surface area contributed by atoms with Gasteiger partial charge < -0.3 is 9.47 Å². The van der Waals surface area contributed by atoms with Crippen molar-refractivity contribution in [3.8, 4) is 0 Å². The highest BCUT2D eigenvalue weighted by molar-refractivity contribution is 14.1. The molecule has 21 heavy (non-hydrogen) atoms. The first-order valence-electron chi connectivity index (χ1n) is 7.03. The first-order chi connectivity index (χ1) is 9.93. The highest BCUT2D eigenvalue weighted by Crippen LogP contribution is 2.28. The van der Waals surface area contributed by atoms with Gasteiger partial charge in [0.25, 0.3) is 0 Å². The average Bonchev–Trinajstić information content (AvgIpc) is 2.46. The van der Waals surface area contributed by atoms with E-state index >= 15 is 0 Å². The van der Waals surface area contributed by atoms with Crippen molar-refractivity contribution >= 4 is 34.5 Å². The lowest BCUT2D eigenvalue weighted by atomic mass is 9.84. The Morgan fingerprint density at radius 1 is 1.05 bits per heavy atom. The quantitative estimate of drug-likeness (QED) is 0.397. The zero-order chi connectivity index (χ0) is 15.9. The highest BCUT2D eigenvalue weighted by atomic mass is 127. The monoisotopic (exact) mass is 404 g/mol. The third-order valence-electron chi connectivity index (χ3n) is 3.28. The molecular formula is C16H21IO4. The molecule has 0 aromatic heterocycles. The van der Waals surface area contributed by atoms with E-state index < -0.39 is 17.4 Å². The van der Waals surface area contributed by atoms with Gasteiger partial charge in [-0.3, -0.25) is 9.59 Å². The third-order valence-corrected chi connectivity index (χ3v) is 4.00. The van der Waals surface area contributed by atoms with E-state index in [2.05, 4.69) is 22.6 Å². The Balaban J connectivity index is 2.84. The minimum atomic E-state index is -1.25. The summed E-state index contributed by atoms with van der Waals surface area (Å²) in [4.78, 5) is 24.3. The smallest absolute Gasteiger partial charge is 0.323 e. The maximum Gasteiger partial charge on any atom is 0.323 e. The number of aryl methyl sites for hydroxylation is 1. The van der Waals surface area contributed by atoms with Crippen LogP contribution in [-0.4, -0.2) is 25.2 Å². The van der Waals surface area contributed by atoms with Gasteiger partial charge in [-0.05, 0) is 73.9 Å². The molecule has 0 amide bonds. The van der Waals surface area contributed by atoms with E-state index in [0.717, 1.165) is 9.13 Å². The van der Waals surface area contributed by atoms with Crippen LogP contribution in [0.25, 0.3) is 0 Å². The van der Waals surface area contributed by atoms with Crippen molar-refractivity contribution in [3.63, 3.8) is 0 Å². The minimum Gasteiger partial charge on any atom is -0.465 e. The Hall–Kier alpha value is -1.11. The van der Waals surface area contributed by atoms with Crippen molar-refractivity contribution in [1.29, 1.82) is 0 Å². The molecule has 0 aliphatic rings. The zero-order valence-electron chi connectivity index (χ0n) is 12.6. The van der Waals surface area contributed by atoms with E-state index in [1.165, 1.54) is 0 Å². The van der Waals surface area contributed by atoms with Gasteiger partial charge in [-0.15, -0.1) is 0 Å². The fraction of sp³-hybridized carbons (Fsp3) is 0.500. The maximum atomic E-state index is 12.1. The van der Waals surface area contributed by atoms with Gasteiger partial charge in [0.15, 0.2) is 5.41 Å². The summed E-state index contributed by atoms with van der Waals surface area (Å²) in [5.41, 5.74) is -0.176. The molecule has 1 aromatic carbocycles. The molecule has 0 radical (unpaired) electrons. The van der Waals surface area contributed by atoms with Crippen LogP contribution in [0.5, 0.6) is 0 Å². The second-order valence-corrected chi connectivity index (χ2v) is 6.15. The van der Waals surface area contributed by atoms with Crippen LogP contribution in [0, 0.1) is 8.99 Å². The first kappa shape index (κ1) is 17.9. The summed E-state index contributed by atoms with van der Waals surface area (Å²) in [5, 5.41) is 0. The second-order valence-electron chi connectivity index (χ2n) is 4.90. The van der Waals surface area contributed by atoms with Crippen molar-refractivity contribution < 1.29 is 19.1 Å². The molecule has 0 aliphatic carbocycles. The summed E-state index contributed by atoms with van der Waals surface area (Å²) in [6, 6.07) is 8.00. The Kier molecular flexibility index (Phi) is 7.14. The molecule has 116 valence electrons. The van der Waals surface area contributed by atoms with Gasteiger partial charge in [0, 0.05) is 3.57 Å². The summed E-state index contributed by atoms with van der Waals surface area (Å²) in [6.07, 6.45) is 0.982. The van der Waals surface area contributed by atoms with Crippen molar-refractivity contribution in [1.82, 2.24) is 0 Å². The molecule has 1 aromatic rings. The maximum absolute atomic E-state index is 12.1. The van der Waals surface area contributed by atoms with E-state index in [0.29, 0.717) is 12.8 Å². The van der Waals surface area contributed by atoms with Crippen LogP contribution in [0.2, 0.25) is 0 Å². The molecule has 0 N–H and O–H groups in total. The summed E-state index contributed by atoms with van der Waals surface area (Å²) in [5.74, 6) is -1.04. The van der Waals surface area contributed by atoms with Crippen LogP contribution >= 0.6 is 22.6 Å². The van der Waals surface area contributed by atoms with Gasteiger partial charge in [-0.1, -0.05) is 12.1 Å². The molecule has 0 aliphatic heterocycles. The fourth-order valence-corrected chi connectivity index (χ4v) is 2.27. The SMILES string of the molecule is CCOC(=O)C(C)(CCc1ccc(I)cc1)C(=O)OCC. The average molecular weight is 404 g/mol. The van der Waals surface area contributed by atoms with Crippen LogP contribution in [-0.2, 0) is 25.5 Å². The van der Waals surface area contributed by atoms with Gasteiger partial charge in [-0.2, -0.15) is 0 Å². The number of carbonyl (C=O) groups is 2. The molecular weight excluding hydrogens is 383 g/mol. The number of halogens is 1. The predicted octanol–water partition coefficient (Wildman–Crippen LogP) is 3.36. The summed E-state index contributed by atoms with van der Waals surface area (Å²) in [6.45, 7) is 5.54. The molecule has 0 atom stereocenters. The predicted molar refractivity (Wildman–Crippen MR) is 88.9 cm³/mol. The Bertz CT molecular complexity index is 464. The molecule has 0 spiro atoms. The number of hydrogen-bond donors (Lipinski definition) is 0. The van der Waals surface area contributed by atoms with E-state index in [1.807, 2.05) is 24.3 Å². The van der Waals surface area contributed by atoms with Crippen LogP contribution in [0.4, 0.5) is 0 Å². The number of carbonyl (C=O) groups excluding carboxylic acids is 2. The highest BCUT2D eigenvalue weighted by Gasteiger charge is 2.43. The summed E-state index contributed by atoms with van der Waals surface area (Å²) >= 11 is 2.24. The van der Waals surface area contributed by atoms with E-state index in [4.69, 9.17) is 9.47 Å². The molecule has 0 heterocycles. The van der Waals surface area contributed by atoms with Crippen molar-refractivity contribution in [2.75, 3.05) is 13.2 Å². The lowest BCUT2D eigenvalue weighted by molar-refractivity contribution is -0.171. The normalized spacial score (nSPS) is 11.0. The number of esters is 2. The van der Waals surface area contributed by atoms with E-state index in [1.54, 1.807) is 20.8 Å². The number of ether oxygens (including phenoxy) is 2. The molecule has 0 bridgehead atoms. The van der Waals surface area contributed by atoms with Gasteiger partial charge >= 0.3 is 11.9 Å². The number of benzene rings is 1. The fourth-order valence-electron chi connectivity index (χ4n) is 1.91. The second kappa shape index (κ2) is 8.36. The Morgan fingerprint density at radius 3 is 1.95 bits per heavy atom. The van der Waals surface area contributed by atoms with Gasteiger partial charge in [0.2, 0.25) is 0 Å². The van der Waals surface area contributed by atoms with Crippen molar-refractivity contribution in [2.45, 2.75) is 33.6 Å². The molecule has 5 heteroatoms. The largest absolute Gasteiger partial charge is 0.465 e. The lowest BCUT2D eigenvalue weighted by Crippen LogP contribution is -2.40. The Labute approximate surface area is 139 Å². The van der Waals surface area contributed by atoms with Gasteiger partial charge in [0.1, 0.15) is 0 Å². The lowest BCUT2D eigenvalue weighted by Gasteiger charge is -2.24. The van der Waals surface area contributed by atoms with Gasteiger partial charge in [-0.25, -0.2) is 0 Å². The molecule has 0 unspecified atom stereocenters. The molecule has 0 fully saturated rings. The summed E-state index contributed by atoms with van der Waals surface area (Å²) in [7, 11) is 0. The first-order valence-corrected chi connectivity index (χ1v) is 8.10. The molecule has 0 saturated carbocycles. The van der Waals surface area contributed by atoms with Crippen LogP contribution < -0.4 is 0 Å². The van der Waals surface area contributed by atoms with E-state index in [9.17, 15) is 9.59 Å². The number of rotatable bonds is 7. The zero-order valence-corrected chi connectivity index (χ0v) is 14.8. The van der Waals surface area contributed by atoms with Crippen molar-refractivity contribution in [3.05, 3.63) is 33.4 Å². The standard InChI is InChI=1S/C16H21IO4/c1-4-20-14(18)16(3,15(19)21-5-2)11-10-12-6-8-13(17)9-7-12/h6-9H,4-5,10-11H2,1-3H3. The minimum absolute atomic E-state index is 0.247. The van der Waals surface area contributed by atoms with Gasteiger partial charge in [0.05, 0.1) is 13.2 Å². The van der Waals surface area contributed by atoms with E-state index in [-0.39, 0.29) is 13.2 Å². The topological polar surface area (TPSA) is 52.6 Å². The van der Waals surface area contributed by atoms with Crippen molar-refractivity contribution in [2.24, 2.45) is 5.41 Å². The van der Waals surface area contributed by atoms with Crippen LogP contribution in [0.3, 0.4) is 0 Å². The third kappa shape index (κ3) is 4.98. The van der Waals surface area contributed by atoms with Crippen LogP contribution in [0.15, 0.2) is 24.3 Å².